The molecule has 4 heterocycles. The van der Waals surface area contributed by atoms with Crippen LogP contribution in [0, 0.1) is 18.8 Å². The summed E-state index contributed by atoms with van der Waals surface area (Å²) in [7, 11) is 2.53. The number of hydrogen-bond donors (Lipinski definition) is 5. The minimum absolute atomic E-state index is 0.0968. The molecule has 5 aromatic rings. The van der Waals surface area contributed by atoms with Gasteiger partial charge in [0.15, 0.2) is 0 Å². The number of fused-ring (bicyclic) bond motifs is 2. The fourth-order valence-electron chi connectivity index (χ4n) is 7.40. The highest BCUT2D eigenvalue weighted by molar-refractivity contribution is 5.94. The minimum atomic E-state index is -0.734. The number of likely N-dealkylation sites (tertiary alicyclic amines) is 1. The highest BCUT2D eigenvalue weighted by Crippen LogP contribution is 2.34. The number of hydrogen-bond acceptors (Lipinski definition) is 10. The Morgan fingerprint density at radius 3 is 2.28 bits per heavy atom. The van der Waals surface area contributed by atoms with Crippen molar-refractivity contribution >= 4 is 45.9 Å². The van der Waals surface area contributed by atoms with Gasteiger partial charge in [-0.1, -0.05) is 27.7 Å². The zero-order valence-corrected chi connectivity index (χ0v) is 34.0. The van der Waals surface area contributed by atoms with E-state index in [1.165, 1.54) is 14.2 Å². The molecular formula is C42H52N8O8. The second-order valence-electron chi connectivity index (χ2n) is 15.4. The number of nitrogens with one attached hydrogen (secondary N) is 5. The number of ether oxygens (including phenoxy) is 2. The molecule has 1 aliphatic heterocycles. The Hall–Kier alpha value is -6.19. The molecular weight excluding hydrogens is 745 g/mol. The third-order valence-electron chi connectivity index (χ3n) is 10.6. The zero-order chi connectivity index (χ0) is 41.7. The molecule has 0 bridgehead atoms. The Morgan fingerprint density at radius 2 is 1.57 bits per heavy atom. The van der Waals surface area contributed by atoms with E-state index in [-0.39, 0.29) is 35.1 Å². The van der Waals surface area contributed by atoms with Crippen LogP contribution in [0.25, 0.3) is 44.5 Å². The number of carbonyl (C=O) groups excluding carboxylic acids is 4. The molecule has 16 nitrogen and oxygen atoms in total. The molecule has 0 aliphatic carbocycles. The quantitative estimate of drug-likeness (QED) is 0.0663. The van der Waals surface area contributed by atoms with Gasteiger partial charge in [0.1, 0.15) is 34.9 Å². The maximum absolute atomic E-state index is 13.9. The zero-order valence-electron chi connectivity index (χ0n) is 34.0. The van der Waals surface area contributed by atoms with Gasteiger partial charge in [0.2, 0.25) is 17.2 Å². The van der Waals surface area contributed by atoms with Gasteiger partial charge in [0.25, 0.3) is 0 Å². The van der Waals surface area contributed by atoms with E-state index in [2.05, 4.69) is 40.6 Å². The van der Waals surface area contributed by atoms with E-state index >= 15 is 0 Å². The van der Waals surface area contributed by atoms with Crippen LogP contribution >= 0.6 is 0 Å². The summed E-state index contributed by atoms with van der Waals surface area (Å²) >= 11 is 0. The molecule has 16 heteroatoms. The van der Waals surface area contributed by atoms with Crippen LogP contribution in [-0.2, 0) is 25.5 Å². The predicted octanol–water partition coefficient (Wildman–Crippen LogP) is 5.90. The van der Waals surface area contributed by atoms with E-state index in [1.807, 2.05) is 52.8 Å². The number of nitrogens with zero attached hydrogens (tertiary/aromatic N) is 3. The normalized spacial score (nSPS) is 15.2. The number of amides is 4. The summed E-state index contributed by atoms with van der Waals surface area (Å²) in [6.07, 6.45) is 5.85. The van der Waals surface area contributed by atoms with Crippen molar-refractivity contribution in [3.8, 4) is 22.5 Å². The number of benzene rings is 2. The average molecular weight is 797 g/mol. The van der Waals surface area contributed by atoms with E-state index < -0.39 is 24.3 Å². The Kier molecular flexibility index (Phi) is 12.8. The number of H-pyrrole nitrogens is 2. The smallest absolute Gasteiger partial charge is 0.407 e. The lowest BCUT2D eigenvalue weighted by Crippen LogP contribution is -2.51. The largest absolute Gasteiger partial charge is 0.456 e. The number of methoxy groups -OCH3 is 2. The molecule has 0 spiro atoms. The molecule has 6 rings (SSSR count). The van der Waals surface area contributed by atoms with Crippen LogP contribution in [0.2, 0.25) is 0 Å². The van der Waals surface area contributed by atoms with Crippen molar-refractivity contribution in [1.29, 1.82) is 0 Å². The standard InChI is InChI=1S/C42H52N8O8/c1-22(2)35(48-41(54)56-6)39(52)43-15-9-8-12-34-44-21-30(46-34)26-19-33-27(17-24(26)5)37(51)28-18-25(13-14-32(28)58-33)29-20-45-38(47-29)31-11-10-16-50(31)40(53)36(23(3)4)49-42(55)57-7/h13-14,17-23,31,35-36H,8-12,15-16H2,1-7H3,(H,43,52)(H,44,46)(H,45,47)(H,48,54)(H,49,55)/t31-,35-,36-/m0/s1. The number of aromatic nitrogens is 4. The number of alkyl carbamates (subject to hydrolysis) is 2. The lowest BCUT2D eigenvalue weighted by atomic mass is 10.0. The fourth-order valence-corrected chi connectivity index (χ4v) is 7.40. The topological polar surface area (TPSA) is 214 Å². The van der Waals surface area contributed by atoms with E-state index in [0.29, 0.717) is 53.0 Å². The number of carbonyl (C=O) groups is 4. The monoisotopic (exact) mass is 796 g/mol. The van der Waals surface area contributed by atoms with Gasteiger partial charge in [-0.05, 0) is 80.3 Å². The summed E-state index contributed by atoms with van der Waals surface area (Å²) in [5, 5.41) is 9.02. The van der Waals surface area contributed by atoms with Crippen LogP contribution < -0.4 is 21.4 Å². The summed E-state index contributed by atoms with van der Waals surface area (Å²) < 4.78 is 15.7. The molecule has 4 amide bonds. The molecule has 0 radical (unpaired) electrons. The van der Waals surface area contributed by atoms with Gasteiger partial charge < -0.3 is 44.7 Å². The maximum Gasteiger partial charge on any atom is 0.407 e. The molecule has 3 atom stereocenters. The third kappa shape index (κ3) is 9.00. The second-order valence-corrected chi connectivity index (χ2v) is 15.4. The highest BCUT2D eigenvalue weighted by Gasteiger charge is 2.37. The Labute approximate surface area is 335 Å². The number of rotatable bonds is 14. The first-order chi connectivity index (χ1) is 27.8. The lowest BCUT2D eigenvalue weighted by Gasteiger charge is -2.30. The van der Waals surface area contributed by atoms with Gasteiger partial charge in [0, 0.05) is 30.6 Å². The lowest BCUT2D eigenvalue weighted by molar-refractivity contribution is -0.135. The second kappa shape index (κ2) is 17.9. The molecule has 1 fully saturated rings. The van der Waals surface area contributed by atoms with Crippen LogP contribution in [0.15, 0.2) is 51.9 Å². The molecule has 5 N–H and O–H groups in total. The Balaban J connectivity index is 1.13. The molecule has 1 aliphatic rings. The third-order valence-corrected chi connectivity index (χ3v) is 10.6. The summed E-state index contributed by atoms with van der Waals surface area (Å²) in [6.45, 7) is 10.4. The molecule has 0 saturated carbocycles. The molecule has 0 unspecified atom stereocenters. The number of imidazole rings is 2. The fraction of sp³-hybridized carbons (Fsp3) is 0.452. The van der Waals surface area contributed by atoms with Crippen molar-refractivity contribution in [3.63, 3.8) is 0 Å². The molecule has 308 valence electrons. The van der Waals surface area contributed by atoms with Crippen molar-refractivity contribution < 1.29 is 33.1 Å². The Bertz CT molecular complexity index is 2360. The molecule has 1 saturated heterocycles. The van der Waals surface area contributed by atoms with Gasteiger partial charge >= 0.3 is 12.2 Å². The highest BCUT2D eigenvalue weighted by atomic mass is 16.5. The average Bonchev–Trinajstić information content (AvgIpc) is 4.00. The van der Waals surface area contributed by atoms with Crippen LogP contribution in [0.4, 0.5) is 9.59 Å². The predicted molar refractivity (Wildman–Crippen MR) is 218 cm³/mol. The van der Waals surface area contributed by atoms with Gasteiger partial charge in [-0.2, -0.15) is 0 Å². The van der Waals surface area contributed by atoms with Gasteiger partial charge in [-0.3, -0.25) is 14.4 Å². The first-order valence-corrected chi connectivity index (χ1v) is 19.7. The van der Waals surface area contributed by atoms with Gasteiger partial charge in [-0.15, -0.1) is 0 Å². The van der Waals surface area contributed by atoms with E-state index in [1.54, 1.807) is 29.4 Å². The molecule has 3 aromatic heterocycles. The minimum Gasteiger partial charge on any atom is -0.456 e. The summed E-state index contributed by atoms with van der Waals surface area (Å²) in [4.78, 5) is 81.5. The van der Waals surface area contributed by atoms with Crippen molar-refractivity contribution in [2.24, 2.45) is 11.8 Å². The maximum atomic E-state index is 13.9. The number of aromatic amines is 2. The van der Waals surface area contributed by atoms with Gasteiger partial charge in [-0.25, -0.2) is 19.6 Å². The van der Waals surface area contributed by atoms with Crippen LogP contribution in [0.3, 0.4) is 0 Å². The van der Waals surface area contributed by atoms with Crippen LogP contribution in [0.5, 0.6) is 0 Å². The summed E-state index contributed by atoms with van der Waals surface area (Å²) in [5.74, 6) is 0.743. The molecule has 2 aromatic carbocycles. The number of aryl methyl sites for hydroxylation is 2. The van der Waals surface area contributed by atoms with E-state index in [4.69, 9.17) is 9.15 Å². The van der Waals surface area contributed by atoms with Gasteiger partial charge in [0.05, 0.1) is 54.8 Å². The first-order valence-electron chi connectivity index (χ1n) is 19.7. The van der Waals surface area contributed by atoms with Crippen LogP contribution in [0.1, 0.15) is 76.6 Å². The summed E-state index contributed by atoms with van der Waals surface area (Å²) in [6, 6.07) is 7.43. The van der Waals surface area contributed by atoms with Crippen molar-refractivity contribution in [3.05, 3.63) is 70.2 Å². The van der Waals surface area contributed by atoms with Crippen molar-refractivity contribution in [2.45, 2.75) is 84.8 Å². The SMILES string of the molecule is COC(=O)N[C@H](C(=O)NCCCCc1ncc(-c2cc3oc4ccc(-c5cnc([C@@H]6CCCN6C(=O)[C@@H](NC(=O)OC)C(C)C)[nH]5)cc4c(=O)c3cc2C)[nH]1)C(C)C. The first kappa shape index (κ1) is 41.4. The Morgan fingerprint density at radius 1 is 0.879 bits per heavy atom. The molecule has 58 heavy (non-hydrogen) atoms. The van der Waals surface area contributed by atoms with Crippen molar-refractivity contribution in [1.82, 2.24) is 40.8 Å². The number of unbranched alkanes of at least 4 members (excludes halogenated alkanes) is 1. The van der Waals surface area contributed by atoms with Crippen molar-refractivity contribution in [2.75, 3.05) is 27.3 Å². The van der Waals surface area contributed by atoms with E-state index in [0.717, 1.165) is 53.9 Å². The van der Waals surface area contributed by atoms with E-state index in [9.17, 15) is 24.0 Å². The summed E-state index contributed by atoms with van der Waals surface area (Å²) in [5.41, 5.74) is 4.72. The van der Waals surface area contributed by atoms with Crippen LogP contribution in [-0.4, -0.2) is 88.2 Å².